The number of carbonyl (C=O) groups excluding carboxylic acids is 1. The quantitative estimate of drug-likeness (QED) is 0.872. The molecule has 0 saturated carbocycles. The van der Waals surface area contributed by atoms with Gasteiger partial charge in [-0.15, -0.1) is 0 Å². The highest BCUT2D eigenvalue weighted by Crippen LogP contribution is 2.23. The topological polar surface area (TPSA) is 32.3 Å². The first-order chi connectivity index (χ1) is 9.33. The van der Waals surface area contributed by atoms with Gasteiger partial charge < -0.3 is 10.2 Å². The molecule has 1 aromatic rings. The van der Waals surface area contributed by atoms with Crippen molar-refractivity contribution in [3.05, 3.63) is 34.9 Å². The first kappa shape index (κ1) is 12.7. The van der Waals surface area contributed by atoms with E-state index in [0.29, 0.717) is 6.42 Å². The molecule has 0 unspecified atom stereocenters. The van der Waals surface area contributed by atoms with Gasteiger partial charge in [0.25, 0.3) is 0 Å². The summed E-state index contributed by atoms with van der Waals surface area (Å²) in [5, 5.41) is 3.34. The number of nitrogens with one attached hydrogen (secondary N) is 1. The minimum atomic E-state index is 0.279. The van der Waals surface area contributed by atoms with Crippen LogP contribution in [0.5, 0.6) is 0 Å². The Morgan fingerprint density at radius 3 is 2.95 bits per heavy atom. The van der Waals surface area contributed by atoms with Crippen molar-refractivity contribution in [2.75, 3.05) is 26.2 Å². The molecule has 1 aliphatic heterocycles. The number of hydrogen-bond acceptors (Lipinski definition) is 2. The number of fused-ring (bicyclic) bond motifs is 1. The summed E-state index contributed by atoms with van der Waals surface area (Å²) in [5.74, 6) is 0.279. The van der Waals surface area contributed by atoms with Crippen LogP contribution >= 0.6 is 0 Å². The fourth-order valence-electron chi connectivity index (χ4n) is 3.12. The molecule has 2 aliphatic rings. The summed E-state index contributed by atoms with van der Waals surface area (Å²) in [6, 6.07) is 6.60. The molecule has 0 atom stereocenters. The van der Waals surface area contributed by atoms with E-state index in [0.717, 1.165) is 32.6 Å². The van der Waals surface area contributed by atoms with Crippen molar-refractivity contribution in [2.24, 2.45) is 0 Å². The van der Waals surface area contributed by atoms with Crippen LogP contribution in [0.3, 0.4) is 0 Å². The molecule has 1 amide bonds. The van der Waals surface area contributed by atoms with Crippen LogP contribution < -0.4 is 5.32 Å². The van der Waals surface area contributed by atoms with Crippen molar-refractivity contribution in [2.45, 2.75) is 32.1 Å². The maximum atomic E-state index is 12.3. The molecule has 1 N–H and O–H groups in total. The number of aryl methyl sites for hydroxylation is 2. The number of benzene rings is 1. The van der Waals surface area contributed by atoms with Crippen molar-refractivity contribution in [1.82, 2.24) is 10.2 Å². The van der Waals surface area contributed by atoms with E-state index in [1.54, 1.807) is 0 Å². The lowest BCUT2D eigenvalue weighted by molar-refractivity contribution is -0.130. The maximum absolute atomic E-state index is 12.3. The van der Waals surface area contributed by atoms with Crippen LogP contribution in [0.1, 0.15) is 29.5 Å². The van der Waals surface area contributed by atoms with Gasteiger partial charge >= 0.3 is 0 Å². The first-order valence-corrected chi connectivity index (χ1v) is 7.42. The van der Waals surface area contributed by atoms with Gasteiger partial charge in [-0.1, -0.05) is 18.2 Å². The molecule has 1 saturated heterocycles. The highest BCUT2D eigenvalue weighted by atomic mass is 16.2. The normalized spacial score (nSPS) is 19.1. The van der Waals surface area contributed by atoms with E-state index in [9.17, 15) is 4.79 Å². The molecule has 3 nitrogen and oxygen atoms in total. The lowest BCUT2D eigenvalue weighted by atomic mass is 10.0. The highest BCUT2D eigenvalue weighted by molar-refractivity contribution is 5.79. The van der Waals surface area contributed by atoms with Gasteiger partial charge in [0.15, 0.2) is 0 Å². The lowest BCUT2D eigenvalue weighted by Gasteiger charge is -2.20. The van der Waals surface area contributed by atoms with Crippen LogP contribution in [0.25, 0.3) is 0 Å². The fraction of sp³-hybridized carbons (Fsp3) is 0.562. The number of hydrogen-bond donors (Lipinski definition) is 1. The SMILES string of the molecule is O=C(Cc1ccc2c(c1)CCC2)N1CCCNCC1. The average Bonchev–Trinajstić information content (AvgIpc) is 2.71. The van der Waals surface area contributed by atoms with Gasteiger partial charge in [-0.3, -0.25) is 4.79 Å². The minimum Gasteiger partial charge on any atom is -0.341 e. The molecule has 19 heavy (non-hydrogen) atoms. The molecule has 1 aromatic carbocycles. The number of amides is 1. The highest BCUT2D eigenvalue weighted by Gasteiger charge is 2.17. The van der Waals surface area contributed by atoms with Gasteiger partial charge in [-0.05, 0) is 48.9 Å². The van der Waals surface area contributed by atoms with E-state index in [4.69, 9.17) is 0 Å². The Hall–Kier alpha value is -1.35. The van der Waals surface area contributed by atoms with E-state index >= 15 is 0 Å². The third kappa shape index (κ3) is 2.98. The van der Waals surface area contributed by atoms with Gasteiger partial charge in [-0.25, -0.2) is 0 Å². The molecular formula is C16H22N2O. The Balaban J connectivity index is 1.65. The van der Waals surface area contributed by atoms with Crippen LogP contribution in [-0.4, -0.2) is 37.0 Å². The Morgan fingerprint density at radius 2 is 2.00 bits per heavy atom. The van der Waals surface area contributed by atoms with Crippen LogP contribution in [0.4, 0.5) is 0 Å². The van der Waals surface area contributed by atoms with Gasteiger partial charge in [0.2, 0.25) is 5.91 Å². The van der Waals surface area contributed by atoms with E-state index in [2.05, 4.69) is 23.5 Å². The summed E-state index contributed by atoms with van der Waals surface area (Å²) < 4.78 is 0. The van der Waals surface area contributed by atoms with Crippen molar-refractivity contribution in [3.8, 4) is 0 Å². The van der Waals surface area contributed by atoms with Crippen LogP contribution in [0, 0.1) is 0 Å². The Bertz CT molecular complexity index is 462. The lowest BCUT2D eigenvalue weighted by Crippen LogP contribution is -2.35. The smallest absolute Gasteiger partial charge is 0.227 e. The molecule has 1 aliphatic carbocycles. The van der Waals surface area contributed by atoms with Gasteiger partial charge in [0.05, 0.1) is 6.42 Å². The van der Waals surface area contributed by atoms with Crippen LogP contribution in [0.2, 0.25) is 0 Å². The summed E-state index contributed by atoms with van der Waals surface area (Å²) in [6.07, 6.45) is 5.29. The molecule has 1 fully saturated rings. The minimum absolute atomic E-state index is 0.279. The summed E-state index contributed by atoms with van der Waals surface area (Å²) in [6.45, 7) is 3.71. The van der Waals surface area contributed by atoms with E-state index in [1.165, 1.54) is 36.0 Å². The first-order valence-electron chi connectivity index (χ1n) is 7.42. The van der Waals surface area contributed by atoms with E-state index in [-0.39, 0.29) is 5.91 Å². The summed E-state index contributed by atoms with van der Waals surface area (Å²) in [7, 11) is 0. The monoisotopic (exact) mass is 258 g/mol. The molecule has 0 bridgehead atoms. The average molecular weight is 258 g/mol. The summed E-state index contributed by atoms with van der Waals surface area (Å²) >= 11 is 0. The summed E-state index contributed by atoms with van der Waals surface area (Å²) in [4.78, 5) is 14.3. The third-order valence-electron chi connectivity index (χ3n) is 4.21. The fourth-order valence-corrected chi connectivity index (χ4v) is 3.12. The molecule has 1 heterocycles. The van der Waals surface area contributed by atoms with Gasteiger partial charge in [-0.2, -0.15) is 0 Å². The zero-order valence-corrected chi connectivity index (χ0v) is 11.5. The second kappa shape index (κ2) is 5.74. The van der Waals surface area contributed by atoms with Gasteiger partial charge in [0.1, 0.15) is 0 Å². The van der Waals surface area contributed by atoms with E-state index in [1.807, 2.05) is 4.90 Å². The molecule has 3 heteroatoms. The second-order valence-corrected chi connectivity index (χ2v) is 5.62. The molecule has 3 rings (SSSR count). The van der Waals surface area contributed by atoms with Crippen molar-refractivity contribution in [1.29, 1.82) is 0 Å². The predicted octanol–water partition coefficient (Wildman–Crippen LogP) is 1.54. The summed E-state index contributed by atoms with van der Waals surface area (Å²) in [5.41, 5.74) is 4.13. The van der Waals surface area contributed by atoms with Crippen molar-refractivity contribution in [3.63, 3.8) is 0 Å². The molecule has 102 valence electrons. The zero-order valence-electron chi connectivity index (χ0n) is 11.5. The largest absolute Gasteiger partial charge is 0.341 e. The Labute approximate surface area is 115 Å². The van der Waals surface area contributed by atoms with Crippen molar-refractivity contribution >= 4 is 5.91 Å². The number of carbonyl (C=O) groups is 1. The number of nitrogens with zero attached hydrogens (tertiary/aromatic N) is 1. The van der Waals surface area contributed by atoms with Crippen LogP contribution in [-0.2, 0) is 24.1 Å². The van der Waals surface area contributed by atoms with Gasteiger partial charge in [0, 0.05) is 19.6 Å². The molecule has 0 radical (unpaired) electrons. The predicted molar refractivity (Wildman–Crippen MR) is 76.2 cm³/mol. The molecule has 0 aromatic heterocycles. The van der Waals surface area contributed by atoms with E-state index < -0.39 is 0 Å². The zero-order chi connectivity index (χ0) is 13.1. The molecular weight excluding hydrogens is 236 g/mol. The van der Waals surface area contributed by atoms with Crippen molar-refractivity contribution < 1.29 is 4.79 Å². The van der Waals surface area contributed by atoms with Crippen LogP contribution in [0.15, 0.2) is 18.2 Å². The maximum Gasteiger partial charge on any atom is 0.227 e. The molecule has 0 spiro atoms. The Kier molecular flexibility index (Phi) is 3.83. The number of rotatable bonds is 2. The second-order valence-electron chi connectivity index (χ2n) is 5.62. The Morgan fingerprint density at radius 1 is 1.11 bits per heavy atom. The standard InChI is InChI=1S/C16H22N2O/c19-16(18-9-2-7-17-8-10-18)12-13-5-6-14-3-1-4-15(14)11-13/h5-6,11,17H,1-4,7-10,12H2. The third-order valence-corrected chi connectivity index (χ3v) is 4.21.